The smallest absolute Gasteiger partial charge is 0.415 e. The van der Waals surface area contributed by atoms with E-state index in [-0.39, 0.29) is 35.9 Å². The number of benzene rings is 2. The summed E-state index contributed by atoms with van der Waals surface area (Å²) in [5, 5.41) is 2.87. The van der Waals surface area contributed by atoms with Gasteiger partial charge in [0.05, 0.1) is 25.3 Å². The van der Waals surface area contributed by atoms with Gasteiger partial charge in [-0.3, -0.25) is 4.90 Å². The number of rotatable bonds is 11. The van der Waals surface area contributed by atoms with Gasteiger partial charge in [-0.1, -0.05) is 30.3 Å². The summed E-state index contributed by atoms with van der Waals surface area (Å²) in [5.74, 6) is -2.35. The number of anilines is 1. The normalized spacial score (nSPS) is 11.3. The maximum atomic E-state index is 14.8. The molecule has 0 saturated carbocycles. The van der Waals surface area contributed by atoms with Crippen molar-refractivity contribution < 1.29 is 37.4 Å². The van der Waals surface area contributed by atoms with E-state index >= 15 is 0 Å². The van der Waals surface area contributed by atoms with Crippen LogP contribution in [0.1, 0.15) is 61.7 Å². The molecule has 1 aromatic heterocycles. The van der Waals surface area contributed by atoms with Gasteiger partial charge in [-0.15, -0.1) is 11.3 Å². The van der Waals surface area contributed by atoms with Crippen molar-refractivity contribution in [2.24, 2.45) is 0 Å². The molecule has 0 radical (unpaired) electrons. The van der Waals surface area contributed by atoms with Crippen LogP contribution in [0.15, 0.2) is 42.5 Å². The highest BCUT2D eigenvalue weighted by molar-refractivity contribution is 7.20. The highest BCUT2D eigenvalue weighted by Gasteiger charge is 2.33. The molecule has 1 heterocycles. The van der Waals surface area contributed by atoms with E-state index in [1.807, 2.05) is 43.3 Å². The molecule has 2 amide bonds. The summed E-state index contributed by atoms with van der Waals surface area (Å²) in [4.78, 5) is 42.5. The number of amides is 2. The van der Waals surface area contributed by atoms with Gasteiger partial charge in [0.15, 0.2) is 0 Å². The summed E-state index contributed by atoms with van der Waals surface area (Å²) in [5.41, 5.74) is 1.25. The number of nitrogens with one attached hydrogen (secondary N) is 1. The Hall–Kier alpha value is -4.03. The molecule has 0 fully saturated rings. The largest absolute Gasteiger partial charge is 0.462 e. The minimum atomic E-state index is -0.867. The lowest BCUT2D eigenvalue weighted by Crippen LogP contribution is -2.32. The third-order valence-electron chi connectivity index (χ3n) is 6.11. The fraction of sp³-hybridized carbons (Fsp3) is 0.406. The van der Waals surface area contributed by atoms with Gasteiger partial charge in [0.2, 0.25) is 0 Å². The highest BCUT2D eigenvalue weighted by Crippen LogP contribution is 2.44. The Morgan fingerprint density at radius 1 is 0.886 bits per heavy atom. The van der Waals surface area contributed by atoms with Gasteiger partial charge >= 0.3 is 18.2 Å². The summed E-state index contributed by atoms with van der Waals surface area (Å²) in [6.45, 7) is 8.71. The van der Waals surface area contributed by atoms with Crippen LogP contribution in [0.3, 0.4) is 0 Å². The summed E-state index contributed by atoms with van der Waals surface area (Å²) >= 11 is 1.12. The molecule has 0 saturated heterocycles. The summed E-state index contributed by atoms with van der Waals surface area (Å²) in [7, 11) is 3.67. The van der Waals surface area contributed by atoms with Gasteiger partial charge in [0, 0.05) is 29.1 Å². The molecule has 0 bridgehead atoms. The average molecular weight is 632 g/mol. The number of carbonyl (C=O) groups excluding carboxylic acids is 3. The Kier molecular flexibility index (Phi) is 11.8. The quantitative estimate of drug-likeness (QED) is 0.178. The average Bonchev–Trinajstić information content (AvgIpc) is 3.29. The van der Waals surface area contributed by atoms with Crippen molar-refractivity contribution in [3.63, 3.8) is 0 Å². The van der Waals surface area contributed by atoms with Crippen LogP contribution >= 0.6 is 11.3 Å². The van der Waals surface area contributed by atoms with Crippen molar-refractivity contribution in [2.75, 3.05) is 32.2 Å². The van der Waals surface area contributed by atoms with Gasteiger partial charge in [-0.2, -0.15) is 0 Å². The molecule has 3 aromatic rings. The molecule has 12 heteroatoms. The molecule has 9 nitrogen and oxygen atoms in total. The molecule has 0 unspecified atom stereocenters. The summed E-state index contributed by atoms with van der Waals surface area (Å²) < 4.78 is 45.5. The first-order chi connectivity index (χ1) is 20.7. The highest BCUT2D eigenvalue weighted by atomic mass is 32.1. The SMILES string of the molecule is CCOC(=O)c1c(N(Cc2c(F)cccc2F)C(=O)OCC)sc(-c2ccc(CNC(=O)OC(C)(C)C)cc2)c1CN(C)C. The van der Waals surface area contributed by atoms with E-state index in [0.717, 1.165) is 39.5 Å². The molecule has 0 aliphatic heterocycles. The zero-order valence-corrected chi connectivity index (χ0v) is 26.9. The van der Waals surface area contributed by atoms with E-state index in [9.17, 15) is 23.2 Å². The van der Waals surface area contributed by atoms with Crippen LogP contribution in [0.25, 0.3) is 10.4 Å². The number of hydrogen-bond donors (Lipinski definition) is 1. The van der Waals surface area contributed by atoms with Crippen LogP contribution < -0.4 is 10.2 Å². The number of esters is 1. The molecule has 2 aromatic carbocycles. The molecule has 0 atom stereocenters. The zero-order valence-electron chi connectivity index (χ0n) is 26.1. The molecular weight excluding hydrogens is 592 g/mol. The molecule has 0 spiro atoms. The number of thiophene rings is 1. The number of halogens is 2. The van der Waals surface area contributed by atoms with Gasteiger partial charge in [-0.25, -0.2) is 23.2 Å². The van der Waals surface area contributed by atoms with Crippen LogP contribution in [-0.4, -0.2) is 56.0 Å². The van der Waals surface area contributed by atoms with E-state index < -0.39 is 41.9 Å². The molecular formula is C32H39F2N3O6S. The van der Waals surface area contributed by atoms with E-state index in [4.69, 9.17) is 14.2 Å². The number of nitrogens with zero attached hydrogens (tertiary/aromatic N) is 2. The molecule has 1 N–H and O–H groups in total. The predicted molar refractivity (Wildman–Crippen MR) is 166 cm³/mol. The maximum Gasteiger partial charge on any atom is 0.415 e. The lowest BCUT2D eigenvalue weighted by Gasteiger charge is -2.22. The van der Waals surface area contributed by atoms with Gasteiger partial charge < -0.3 is 24.4 Å². The maximum absolute atomic E-state index is 14.8. The minimum absolute atomic E-state index is 0.00536. The topological polar surface area (TPSA) is 97.4 Å². The molecule has 238 valence electrons. The van der Waals surface area contributed by atoms with E-state index in [2.05, 4.69) is 5.32 Å². The van der Waals surface area contributed by atoms with Crippen molar-refractivity contribution >= 4 is 34.5 Å². The van der Waals surface area contributed by atoms with Crippen LogP contribution in [0.4, 0.5) is 23.4 Å². The Morgan fingerprint density at radius 3 is 2.05 bits per heavy atom. The lowest BCUT2D eigenvalue weighted by atomic mass is 10.0. The number of hydrogen-bond acceptors (Lipinski definition) is 8. The van der Waals surface area contributed by atoms with Gasteiger partial charge in [0.1, 0.15) is 22.2 Å². The summed E-state index contributed by atoms with van der Waals surface area (Å²) in [6.07, 6.45) is -1.41. The first-order valence-corrected chi connectivity index (χ1v) is 15.0. The van der Waals surface area contributed by atoms with Crippen LogP contribution in [0.5, 0.6) is 0 Å². The van der Waals surface area contributed by atoms with E-state index in [0.29, 0.717) is 17.0 Å². The lowest BCUT2D eigenvalue weighted by molar-refractivity contribution is 0.0514. The first-order valence-electron chi connectivity index (χ1n) is 14.2. The Bertz CT molecular complexity index is 1450. The predicted octanol–water partition coefficient (Wildman–Crippen LogP) is 7.12. The van der Waals surface area contributed by atoms with Crippen molar-refractivity contribution in [1.82, 2.24) is 10.2 Å². The third-order valence-corrected chi connectivity index (χ3v) is 7.41. The molecule has 0 aliphatic rings. The van der Waals surface area contributed by atoms with Gasteiger partial charge in [0.25, 0.3) is 0 Å². The second-order valence-electron chi connectivity index (χ2n) is 11.1. The van der Waals surface area contributed by atoms with Crippen molar-refractivity contribution in [1.29, 1.82) is 0 Å². The number of carbonyl (C=O) groups is 3. The minimum Gasteiger partial charge on any atom is -0.462 e. The van der Waals surface area contributed by atoms with E-state index in [1.54, 1.807) is 34.6 Å². The number of alkyl carbamates (subject to hydrolysis) is 1. The van der Waals surface area contributed by atoms with Crippen LogP contribution in [-0.2, 0) is 33.8 Å². The Morgan fingerprint density at radius 2 is 1.50 bits per heavy atom. The number of ether oxygens (including phenoxy) is 3. The zero-order chi connectivity index (χ0) is 32.6. The van der Waals surface area contributed by atoms with Gasteiger partial charge in [-0.05, 0) is 72.0 Å². The Labute approximate surface area is 260 Å². The third kappa shape index (κ3) is 8.99. The second kappa shape index (κ2) is 15.1. The standard InChI is InChI=1S/C32H39F2N3O6S/c1-8-41-29(38)26-23(18-36(6)7)27(21-15-13-20(14-16-21)17-35-30(39)43-32(3,4)5)44-28(26)37(31(40)42-9-2)19-22-24(33)11-10-12-25(22)34/h10-16H,8-9,17-19H2,1-7H3,(H,35,39). The van der Waals surface area contributed by atoms with Crippen LogP contribution in [0.2, 0.25) is 0 Å². The fourth-order valence-electron chi connectivity index (χ4n) is 4.28. The Balaban J connectivity index is 2.13. The van der Waals surface area contributed by atoms with E-state index in [1.165, 1.54) is 6.07 Å². The van der Waals surface area contributed by atoms with Crippen molar-refractivity contribution in [2.45, 2.75) is 59.9 Å². The molecule has 44 heavy (non-hydrogen) atoms. The first kappa shape index (κ1) is 34.5. The molecule has 0 aliphatic carbocycles. The monoisotopic (exact) mass is 631 g/mol. The van der Waals surface area contributed by atoms with Crippen molar-refractivity contribution in [3.05, 3.63) is 76.4 Å². The summed E-state index contributed by atoms with van der Waals surface area (Å²) in [6, 6.07) is 10.8. The van der Waals surface area contributed by atoms with Crippen LogP contribution in [0, 0.1) is 11.6 Å². The van der Waals surface area contributed by atoms with Crippen molar-refractivity contribution in [3.8, 4) is 10.4 Å². The second-order valence-corrected chi connectivity index (χ2v) is 12.1. The fourth-order valence-corrected chi connectivity index (χ4v) is 5.58. The molecule has 3 rings (SSSR count).